The van der Waals surface area contributed by atoms with Gasteiger partial charge in [-0.2, -0.15) is 0 Å². The fourth-order valence-electron chi connectivity index (χ4n) is 2.35. The topological polar surface area (TPSA) is 55.1 Å². The van der Waals surface area contributed by atoms with Crippen molar-refractivity contribution in [1.82, 2.24) is 5.32 Å². The first-order chi connectivity index (χ1) is 8.29. The molecule has 0 bridgehead atoms. The van der Waals surface area contributed by atoms with Gasteiger partial charge in [0.25, 0.3) is 0 Å². The molecule has 0 spiro atoms. The van der Waals surface area contributed by atoms with Gasteiger partial charge in [0, 0.05) is 19.5 Å². The molecule has 1 aliphatic rings. The second-order valence-electron chi connectivity index (χ2n) is 4.60. The van der Waals surface area contributed by atoms with E-state index in [1.807, 2.05) is 0 Å². The lowest BCUT2D eigenvalue weighted by molar-refractivity contribution is -0.120. The number of carbonyl (C=O) groups is 1. The Morgan fingerprint density at radius 2 is 2.12 bits per heavy atom. The molecule has 1 aliphatic carbocycles. The monoisotopic (exact) mass is 232 g/mol. The van der Waals surface area contributed by atoms with E-state index in [-0.39, 0.29) is 5.91 Å². The van der Waals surface area contributed by atoms with Gasteiger partial charge in [-0.1, -0.05) is 18.2 Å². The summed E-state index contributed by atoms with van der Waals surface area (Å²) in [5.74, 6) is 0.0497. The van der Waals surface area contributed by atoms with Crippen LogP contribution in [0.4, 0.5) is 0 Å². The van der Waals surface area contributed by atoms with Crippen molar-refractivity contribution in [3.8, 4) is 0 Å². The summed E-state index contributed by atoms with van der Waals surface area (Å²) in [5, 5.41) is 2.88. The third-order valence-corrected chi connectivity index (χ3v) is 3.27. The van der Waals surface area contributed by atoms with Crippen LogP contribution in [0.3, 0.4) is 0 Å². The summed E-state index contributed by atoms with van der Waals surface area (Å²) in [5.41, 5.74) is 9.63. The molecular weight excluding hydrogens is 212 g/mol. The summed E-state index contributed by atoms with van der Waals surface area (Å²) in [6.07, 6.45) is 5.05. The number of benzene rings is 1. The van der Waals surface area contributed by atoms with E-state index >= 15 is 0 Å². The number of amides is 1. The van der Waals surface area contributed by atoms with Crippen molar-refractivity contribution >= 4 is 5.91 Å². The number of nitrogens with two attached hydrogens (primary N) is 1. The number of hydrogen-bond acceptors (Lipinski definition) is 2. The zero-order valence-electron chi connectivity index (χ0n) is 10.2. The SMILES string of the molecule is NCCC(=O)NCCc1ccc2c(c1)CCC2. The predicted molar refractivity (Wildman–Crippen MR) is 68.9 cm³/mol. The van der Waals surface area contributed by atoms with Crippen molar-refractivity contribution in [2.45, 2.75) is 32.1 Å². The van der Waals surface area contributed by atoms with Gasteiger partial charge in [-0.15, -0.1) is 0 Å². The molecule has 0 atom stereocenters. The molecule has 1 aromatic carbocycles. The van der Waals surface area contributed by atoms with Gasteiger partial charge in [-0.25, -0.2) is 0 Å². The number of fused-ring (bicyclic) bond motifs is 1. The maximum absolute atomic E-state index is 11.2. The average Bonchev–Trinajstić information content (AvgIpc) is 2.76. The zero-order chi connectivity index (χ0) is 12.1. The van der Waals surface area contributed by atoms with E-state index in [0.29, 0.717) is 19.5 Å². The summed E-state index contributed by atoms with van der Waals surface area (Å²) in [7, 11) is 0. The fraction of sp³-hybridized carbons (Fsp3) is 0.500. The molecule has 3 N–H and O–H groups in total. The molecule has 0 unspecified atom stereocenters. The summed E-state index contributed by atoms with van der Waals surface area (Å²) in [6, 6.07) is 6.70. The summed E-state index contributed by atoms with van der Waals surface area (Å²) in [6.45, 7) is 1.13. The molecule has 0 radical (unpaired) electrons. The van der Waals surface area contributed by atoms with Crippen LogP contribution in [0.15, 0.2) is 18.2 Å². The third-order valence-electron chi connectivity index (χ3n) is 3.27. The van der Waals surface area contributed by atoms with Crippen LogP contribution in [0.25, 0.3) is 0 Å². The highest BCUT2D eigenvalue weighted by Gasteiger charge is 2.10. The molecule has 3 heteroatoms. The molecule has 2 rings (SSSR count). The number of rotatable bonds is 5. The van der Waals surface area contributed by atoms with Crippen LogP contribution in [-0.4, -0.2) is 19.0 Å². The molecule has 3 nitrogen and oxygen atoms in total. The average molecular weight is 232 g/mol. The smallest absolute Gasteiger partial charge is 0.221 e. The van der Waals surface area contributed by atoms with E-state index in [1.54, 1.807) is 0 Å². The first-order valence-electron chi connectivity index (χ1n) is 6.37. The van der Waals surface area contributed by atoms with Crippen molar-refractivity contribution in [3.05, 3.63) is 34.9 Å². The maximum atomic E-state index is 11.2. The van der Waals surface area contributed by atoms with Crippen molar-refractivity contribution in [2.75, 3.05) is 13.1 Å². The van der Waals surface area contributed by atoms with Gasteiger partial charge in [0.15, 0.2) is 0 Å². The van der Waals surface area contributed by atoms with E-state index in [1.165, 1.54) is 36.0 Å². The molecule has 0 saturated heterocycles. The molecule has 0 aromatic heterocycles. The molecule has 1 aromatic rings. The molecular formula is C14H20N2O. The highest BCUT2D eigenvalue weighted by atomic mass is 16.1. The first-order valence-corrected chi connectivity index (χ1v) is 6.37. The lowest BCUT2D eigenvalue weighted by atomic mass is 10.0. The molecule has 0 heterocycles. The Labute approximate surface area is 102 Å². The van der Waals surface area contributed by atoms with Crippen molar-refractivity contribution in [1.29, 1.82) is 0 Å². The predicted octanol–water partition coefficient (Wildman–Crippen LogP) is 1.18. The second kappa shape index (κ2) is 5.82. The zero-order valence-corrected chi connectivity index (χ0v) is 10.2. The van der Waals surface area contributed by atoms with Crippen LogP contribution >= 0.6 is 0 Å². The highest BCUT2D eigenvalue weighted by molar-refractivity contribution is 5.76. The van der Waals surface area contributed by atoms with E-state index in [2.05, 4.69) is 23.5 Å². The van der Waals surface area contributed by atoms with Gasteiger partial charge >= 0.3 is 0 Å². The maximum Gasteiger partial charge on any atom is 0.221 e. The van der Waals surface area contributed by atoms with Crippen molar-refractivity contribution in [3.63, 3.8) is 0 Å². The first kappa shape index (κ1) is 12.1. The van der Waals surface area contributed by atoms with Gasteiger partial charge in [0.1, 0.15) is 0 Å². The number of nitrogens with one attached hydrogen (secondary N) is 1. The highest BCUT2D eigenvalue weighted by Crippen LogP contribution is 2.22. The summed E-state index contributed by atoms with van der Waals surface area (Å²) >= 11 is 0. The minimum atomic E-state index is 0.0497. The molecule has 0 fully saturated rings. The minimum absolute atomic E-state index is 0.0497. The molecule has 17 heavy (non-hydrogen) atoms. The Morgan fingerprint density at radius 3 is 2.94 bits per heavy atom. The van der Waals surface area contributed by atoms with E-state index < -0.39 is 0 Å². The largest absolute Gasteiger partial charge is 0.356 e. The molecule has 0 aliphatic heterocycles. The quantitative estimate of drug-likeness (QED) is 0.801. The van der Waals surface area contributed by atoms with E-state index in [0.717, 1.165) is 6.42 Å². The van der Waals surface area contributed by atoms with Gasteiger partial charge in [-0.3, -0.25) is 4.79 Å². The van der Waals surface area contributed by atoms with Gasteiger partial charge < -0.3 is 11.1 Å². The third kappa shape index (κ3) is 3.30. The Bertz CT molecular complexity index is 401. The Balaban J connectivity index is 1.81. The van der Waals surface area contributed by atoms with Crippen LogP contribution in [0.5, 0.6) is 0 Å². The van der Waals surface area contributed by atoms with E-state index in [9.17, 15) is 4.79 Å². The number of carbonyl (C=O) groups excluding carboxylic acids is 1. The van der Waals surface area contributed by atoms with Crippen molar-refractivity contribution in [2.24, 2.45) is 5.73 Å². The van der Waals surface area contributed by atoms with Crippen LogP contribution < -0.4 is 11.1 Å². The lowest BCUT2D eigenvalue weighted by Crippen LogP contribution is -2.27. The Kier molecular flexibility index (Phi) is 4.15. The van der Waals surface area contributed by atoms with Gasteiger partial charge in [-0.05, 0) is 42.4 Å². The second-order valence-corrected chi connectivity index (χ2v) is 4.60. The van der Waals surface area contributed by atoms with Crippen LogP contribution in [-0.2, 0) is 24.1 Å². The van der Waals surface area contributed by atoms with Gasteiger partial charge in [0.05, 0.1) is 0 Å². The lowest BCUT2D eigenvalue weighted by Gasteiger charge is -2.06. The Morgan fingerprint density at radius 1 is 1.29 bits per heavy atom. The van der Waals surface area contributed by atoms with E-state index in [4.69, 9.17) is 5.73 Å². The molecule has 0 saturated carbocycles. The number of hydrogen-bond donors (Lipinski definition) is 2. The minimum Gasteiger partial charge on any atom is -0.356 e. The van der Waals surface area contributed by atoms with Crippen molar-refractivity contribution < 1.29 is 4.79 Å². The molecule has 92 valence electrons. The fourth-order valence-corrected chi connectivity index (χ4v) is 2.35. The summed E-state index contributed by atoms with van der Waals surface area (Å²) < 4.78 is 0. The molecule has 1 amide bonds. The van der Waals surface area contributed by atoms with Crippen LogP contribution in [0, 0.1) is 0 Å². The summed E-state index contributed by atoms with van der Waals surface area (Å²) in [4.78, 5) is 11.2. The normalized spacial score (nSPS) is 13.5. The van der Waals surface area contributed by atoms with Crippen LogP contribution in [0.2, 0.25) is 0 Å². The van der Waals surface area contributed by atoms with Crippen LogP contribution in [0.1, 0.15) is 29.5 Å². The number of aryl methyl sites for hydroxylation is 2. The standard InChI is InChI=1S/C14H20N2O/c15-8-6-14(17)16-9-7-11-4-5-12-2-1-3-13(12)10-11/h4-5,10H,1-3,6-9,15H2,(H,16,17). The van der Waals surface area contributed by atoms with Gasteiger partial charge in [0.2, 0.25) is 5.91 Å². The Hall–Kier alpha value is -1.35.